The van der Waals surface area contributed by atoms with Gasteiger partial charge in [-0.2, -0.15) is 0 Å². The molecule has 2 aromatic carbocycles. The summed E-state index contributed by atoms with van der Waals surface area (Å²) in [4.78, 5) is 23.7. The monoisotopic (exact) mass is 478 g/mol. The second kappa shape index (κ2) is 8.46. The fraction of sp³-hybridized carbons (Fsp3) is 0.240. The third-order valence-electron chi connectivity index (χ3n) is 5.91. The van der Waals surface area contributed by atoms with Gasteiger partial charge in [0.15, 0.2) is 5.76 Å². The van der Waals surface area contributed by atoms with Crippen molar-refractivity contribution in [2.75, 3.05) is 20.3 Å². The molecule has 1 fully saturated rings. The highest BCUT2D eigenvalue weighted by Gasteiger charge is 2.57. The summed E-state index contributed by atoms with van der Waals surface area (Å²) in [5.74, 6) is -0.690. The number of morpholine rings is 1. The first-order valence-electron chi connectivity index (χ1n) is 10.9. The minimum atomic E-state index is -1.99. The van der Waals surface area contributed by atoms with E-state index in [1.54, 1.807) is 32.5 Å². The minimum absolute atomic E-state index is 0.143. The van der Waals surface area contributed by atoms with Gasteiger partial charge in [-0.15, -0.1) is 0 Å². The summed E-state index contributed by atoms with van der Waals surface area (Å²) < 4.78 is 27.4. The van der Waals surface area contributed by atoms with Gasteiger partial charge in [-0.1, -0.05) is 11.2 Å². The molecule has 1 saturated heterocycles. The Kier molecular flexibility index (Phi) is 5.43. The van der Waals surface area contributed by atoms with Crippen molar-refractivity contribution < 1.29 is 28.6 Å². The summed E-state index contributed by atoms with van der Waals surface area (Å²) in [6.45, 7) is 3.98. The SMILES string of the molecule is COc1cc(/C=C2\OCCN3C2=NOC3(C(=O)O)c2cc(C)cc(F)c2)ccc1-n1cnc(C)c1. The van der Waals surface area contributed by atoms with E-state index in [9.17, 15) is 14.3 Å². The number of halogens is 1. The number of hydrogen-bond acceptors (Lipinski definition) is 7. The average molecular weight is 478 g/mol. The Hall–Kier alpha value is -4.34. The van der Waals surface area contributed by atoms with Crippen LogP contribution in [-0.2, 0) is 20.1 Å². The maximum absolute atomic E-state index is 14.2. The van der Waals surface area contributed by atoms with Gasteiger partial charge in [0.1, 0.15) is 18.2 Å². The molecule has 1 unspecified atom stereocenters. The molecule has 1 atom stereocenters. The molecular formula is C25H23FN4O5. The highest BCUT2D eigenvalue weighted by molar-refractivity contribution is 6.04. The number of benzene rings is 2. The van der Waals surface area contributed by atoms with Crippen molar-refractivity contribution in [2.24, 2.45) is 5.16 Å². The van der Waals surface area contributed by atoms with E-state index in [-0.39, 0.29) is 24.6 Å². The number of carbonyl (C=O) groups is 1. The fourth-order valence-electron chi connectivity index (χ4n) is 4.34. The van der Waals surface area contributed by atoms with E-state index in [1.807, 2.05) is 35.9 Å². The van der Waals surface area contributed by atoms with Crippen LogP contribution in [0.3, 0.4) is 0 Å². The molecule has 180 valence electrons. The smallest absolute Gasteiger partial charge is 0.377 e. The Labute approximate surface area is 200 Å². The van der Waals surface area contributed by atoms with E-state index in [0.29, 0.717) is 17.1 Å². The predicted molar refractivity (Wildman–Crippen MR) is 124 cm³/mol. The largest absolute Gasteiger partial charge is 0.495 e. The number of carboxylic acids is 1. The lowest BCUT2D eigenvalue weighted by molar-refractivity contribution is -0.184. The third kappa shape index (κ3) is 3.76. The summed E-state index contributed by atoms with van der Waals surface area (Å²) in [7, 11) is 1.58. The van der Waals surface area contributed by atoms with Crippen molar-refractivity contribution in [1.29, 1.82) is 0 Å². The molecule has 0 bridgehead atoms. The van der Waals surface area contributed by atoms with Gasteiger partial charge < -0.3 is 24.0 Å². The maximum Gasteiger partial charge on any atom is 0.377 e. The first-order chi connectivity index (χ1) is 16.8. The predicted octanol–water partition coefficient (Wildman–Crippen LogP) is 3.59. The summed E-state index contributed by atoms with van der Waals surface area (Å²) in [6, 6.07) is 9.64. The normalized spacial score (nSPS) is 20.2. The number of aliphatic carboxylic acids is 1. The molecule has 0 saturated carbocycles. The van der Waals surface area contributed by atoms with Gasteiger partial charge in [0.25, 0.3) is 0 Å². The molecule has 35 heavy (non-hydrogen) atoms. The average Bonchev–Trinajstić information content (AvgIpc) is 3.43. The molecule has 1 aromatic heterocycles. The van der Waals surface area contributed by atoms with Crippen molar-refractivity contribution in [2.45, 2.75) is 19.6 Å². The fourth-order valence-corrected chi connectivity index (χ4v) is 4.34. The Morgan fingerprint density at radius 3 is 2.77 bits per heavy atom. The zero-order valence-electron chi connectivity index (χ0n) is 19.4. The van der Waals surface area contributed by atoms with Gasteiger partial charge in [0, 0.05) is 11.8 Å². The van der Waals surface area contributed by atoms with E-state index in [1.165, 1.54) is 11.0 Å². The number of methoxy groups -OCH3 is 1. The number of aryl methyl sites for hydroxylation is 2. The van der Waals surface area contributed by atoms with Crippen LogP contribution in [0, 0.1) is 19.7 Å². The number of rotatable bonds is 5. The minimum Gasteiger partial charge on any atom is -0.495 e. The first kappa shape index (κ1) is 22.5. The zero-order chi connectivity index (χ0) is 24.7. The van der Waals surface area contributed by atoms with Crippen LogP contribution in [0.25, 0.3) is 11.8 Å². The molecule has 2 aliphatic heterocycles. The number of carboxylic acid groups (broad SMARTS) is 1. The number of aromatic nitrogens is 2. The Morgan fingerprint density at radius 2 is 2.09 bits per heavy atom. The molecule has 9 nitrogen and oxygen atoms in total. The van der Waals surface area contributed by atoms with Gasteiger partial charge in [-0.25, -0.2) is 14.2 Å². The molecule has 5 rings (SSSR count). The molecule has 3 aromatic rings. The summed E-state index contributed by atoms with van der Waals surface area (Å²) in [5, 5.41) is 14.2. The van der Waals surface area contributed by atoms with Crippen molar-refractivity contribution in [1.82, 2.24) is 14.5 Å². The molecule has 1 N–H and O–H groups in total. The summed E-state index contributed by atoms with van der Waals surface area (Å²) in [6.07, 6.45) is 5.33. The number of nitrogens with zero attached hydrogens (tertiary/aromatic N) is 4. The molecule has 10 heteroatoms. The number of hydrogen-bond donors (Lipinski definition) is 1. The van der Waals surface area contributed by atoms with Crippen LogP contribution in [0.15, 0.2) is 59.8 Å². The van der Waals surface area contributed by atoms with E-state index in [2.05, 4.69) is 10.1 Å². The summed E-state index contributed by atoms with van der Waals surface area (Å²) in [5.41, 5.74) is 1.16. The highest BCUT2D eigenvalue weighted by Crippen LogP contribution is 2.40. The van der Waals surface area contributed by atoms with Gasteiger partial charge in [-0.3, -0.25) is 4.90 Å². The molecule has 0 aliphatic carbocycles. The first-order valence-corrected chi connectivity index (χ1v) is 10.9. The maximum atomic E-state index is 14.2. The molecule has 3 heterocycles. The molecule has 0 amide bonds. The van der Waals surface area contributed by atoms with Crippen LogP contribution in [0.1, 0.15) is 22.4 Å². The summed E-state index contributed by atoms with van der Waals surface area (Å²) >= 11 is 0. The quantitative estimate of drug-likeness (QED) is 0.598. The van der Waals surface area contributed by atoms with Crippen LogP contribution in [-0.4, -0.2) is 51.6 Å². The number of amidine groups is 1. The van der Waals surface area contributed by atoms with Crippen molar-refractivity contribution in [3.8, 4) is 11.4 Å². The second-order valence-electron chi connectivity index (χ2n) is 8.33. The number of ether oxygens (including phenoxy) is 2. The Morgan fingerprint density at radius 1 is 1.26 bits per heavy atom. The van der Waals surface area contributed by atoms with Crippen LogP contribution >= 0.6 is 0 Å². The van der Waals surface area contributed by atoms with Crippen molar-refractivity contribution in [3.05, 3.63) is 82.9 Å². The van der Waals surface area contributed by atoms with Gasteiger partial charge >= 0.3 is 11.7 Å². The van der Waals surface area contributed by atoms with Crippen LogP contribution in [0.2, 0.25) is 0 Å². The van der Waals surface area contributed by atoms with Crippen molar-refractivity contribution >= 4 is 17.9 Å². The van der Waals surface area contributed by atoms with E-state index < -0.39 is 17.5 Å². The van der Waals surface area contributed by atoms with Crippen LogP contribution in [0.4, 0.5) is 4.39 Å². The van der Waals surface area contributed by atoms with Crippen LogP contribution < -0.4 is 4.74 Å². The lowest BCUT2D eigenvalue weighted by Crippen LogP contribution is -2.55. The van der Waals surface area contributed by atoms with Gasteiger partial charge in [0.05, 0.1) is 31.4 Å². The molecular weight excluding hydrogens is 455 g/mol. The molecule has 0 radical (unpaired) electrons. The zero-order valence-corrected chi connectivity index (χ0v) is 19.4. The van der Waals surface area contributed by atoms with Gasteiger partial charge in [-0.05, 0) is 61.4 Å². The van der Waals surface area contributed by atoms with E-state index in [4.69, 9.17) is 14.3 Å². The molecule has 2 aliphatic rings. The second-order valence-corrected chi connectivity index (χ2v) is 8.33. The van der Waals surface area contributed by atoms with E-state index in [0.717, 1.165) is 23.0 Å². The number of fused-ring (bicyclic) bond motifs is 1. The van der Waals surface area contributed by atoms with Crippen LogP contribution in [0.5, 0.6) is 5.75 Å². The molecule has 0 spiro atoms. The lowest BCUT2D eigenvalue weighted by atomic mass is 9.98. The highest BCUT2D eigenvalue weighted by atomic mass is 19.1. The number of oxime groups is 1. The van der Waals surface area contributed by atoms with Gasteiger partial charge in [0.2, 0.25) is 5.84 Å². The van der Waals surface area contributed by atoms with Crippen molar-refractivity contribution in [3.63, 3.8) is 0 Å². The third-order valence-corrected chi connectivity index (χ3v) is 5.91. The lowest BCUT2D eigenvalue weighted by Gasteiger charge is -2.36. The Bertz CT molecular complexity index is 1360. The standard InChI is InChI=1S/C25H23FN4O5/c1-15-8-18(12-19(26)9-15)25(24(31)32)30-6-7-34-22(23(30)28-35-25)11-17-4-5-20(21(10-17)33-3)29-13-16(2)27-14-29/h4-5,8-14H,6-7H2,1-3H3,(H,31,32)/b22-11-. The Balaban J connectivity index is 1.51. The number of imidazole rings is 1. The topological polar surface area (TPSA) is 98.4 Å². The van der Waals surface area contributed by atoms with E-state index >= 15 is 0 Å².